The minimum absolute atomic E-state index is 0.0332. The van der Waals surface area contributed by atoms with E-state index in [0.717, 1.165) is 11.1 Å². The van der Waals surface area contributed by atoms with Crippen molar-refractivity contribution in [3.8, 4) is 44.5 Å². The number of fused-ring (bicyclic) bond motifs is 2. The summed E-state index contributed by atoms with van der Waals surface area (Å²) >= 11 is 0. The molecule has 7 aromatic carbocycles. The summed E-state index contributed by atoms with van der Waals surface area (Å²) in [5.74, 6) is 0. The van der Waals surface area contributed by atoms with Gasteiger partial charge in [0.25, 0.3) is 0 Å². The Morgan fingerprint density at radius 2 is 0.711 bits per heavy atom. The fourth-order valence-corrected chi connectivity index (χ4v) is 5.11. The topological polar surface area (TPSA) is 0 Å². The second kappa shape index (κ2) is 9.50. The summed E-state index contributed by atoms with van der Waals surface area (Å²) in [6.07, 6.45) is 0. The molecule has 0 spiro atoms. The van der Waals surface area contributed by atoms with E-state index in [0.29, 0.717) is 44.2 Å². The van der Waals surface area contributed by atoms with Gasteiger partial charge in [0.15, 0.2) is 0 Å². The lowest BCUT2D eigenvalue weighted by atomic mass is 9.84. The molecule has 0 nitrogen and oxygen atoms in total. The standard InChI is InChI=1S/C38H26/c1-4-12-27(13-5-1)29-20-22-31(23-21-29)38-34-19-11-10-18-33(34)37(30-16-8-3-9-17-30)35-25-24-32(26-36(35)38)28-14-6-2-7-15-28/h1-26H/i10D,11D,18D,19D,24D,25D,26D. The van der Waals surface area contributed by atoms with Crippen molar-refractivity contribution >= 4 is 21.5 Å². The van der Waals surface area contributed by atoms with Gasteiger partial charge in [-0.1, -0.05) is 152 Å². The number of rotatable bonds is 4. The van der Waals surface area contributed by atoms with E-state index in [1.54, 1.807) is 0 Å². The van der Waals surface area contributed by atoms with Crippen LogP contribution in [0, 0.1) is 0 Å². The van der Waals surface area contributed by atoms with Gasteiger partial charge >= 0.3 is 0 Å². The number of benzene rings is 7. The smallest absolute Gasteiger partial charge is 0.0622 e. The fraction of sp³-hybridized carbons (Fsp3) is 0. The maximum absolute atomic E-state index is 9.64. The molecule has 0 radical (unpaired) electrons. The molecular weight excluding hydrogens is 456 g/mol. The maximum atomic E-state index is 9.64. The van der Waals surface area contributed by atoms with Crippen LogP contribution in [0.5, 0.6) is 0 Å². The molecule has 0 saturated heterocycles. The first-order valence-corrected chi connectivity index (χ1v) is 12.6. The van der Waals surface area contributed by atoms with Gasteiger partial charge in [0.05, 0.1) is 9.60 Å². The van der Waals surface area contributed by atoms with Crippen LogP contribution in [0.1, 0.15) is 9.60 Å². The lowest BCUT2D eigenvalue weighted by Gasteiger charge is -2.19. The summed E-state index contributed by atoms with van der Waals surface area (Å²) < 4.78 is 63.7. The summed E-state index contributed by atoms with van der Waals surface area (Å²) in [6, 6.07) is 34.6. The first kappa shape index (κ1) is 16.0. The average molecular weight is 490 g/mol. The van der Waals surface area contributed by atoms with Gasteiger partial charge < -0.3 is 0 Å². The molecule has 0 bridgehead atoms. The van der Waals surface area contributed by atoms with Crippen molar-refractivity contribution in [1.82, 2.24) is 0 Å². The van der Waals surface area contributed by atoms with Gasteiger partial charge in [0.1, 0.15) is 0 Å². The molecule has 0 aliphatic carbocycles. The molecule has 0 aliphatic rings. The number of hydrogen-bond acceptors (Lipinski definition) is 0. The van der Waals surface area contributed by atoms with E-state index in [9.17, 15) is 4.11 Å². The van der Waals surface area contributed by atoms with Crippen molar-refractivity contribution in [3.63, 3.8) is 0 Å². The van der Waals surface area contributed by atoms with Crippen molar-refractivity contribution < 1.29 is 9.60 Å². The molecule has 0 atom stereocenters. The van der Waals surface area contributed by atoms with Crippen molar-refractivity contribution in [2.24, 2.45) is 0 Å². The first-order chi connectivity index (χ1) is 21.8. The Bertz CT molecular complexity index is 2250. The van der Waals surface area contributed by atoms with E-state index in [1.165, 1.54) is 0 Å². The van der Waals surface area contributed by atoms with E-state index in [1.807, 2.05) is 115 Å². The van der Waals surface area contributed by atoms with Crippen LogP contribution < -0.4 is 0 Å². The molecule has 0 unspecified atom stereocenters. The fourth-order valence-electron chi connectivity index (χ4n) is 5.11. The van der Waals surface area contributed by atoms with Gasteiger partial charge in [-0.05, 0) is 72.1 Å². The van der Waals surface area contributed by atoms with E-state index in [4.69, 9.17) is 5.48 Å². The lowest BCUT2D eigenvalue weighted by Crippen LogP contribution is -1.92. The molecule has 0 aliphatic heterocycles. The highest BCUT2D eigenvalue weighted by atomic mass is 14.2. The number of hydrogen-bond donors (Lipinski definition) is 0. The van der Waals surface area contributed by atoms with E-state index in [2.05, 4.69) is 0 Å². The van der Waals surface area contributed by atoms with Crippen LogP contribution >= 0.6 is 0 Å². The molecule has 0 saturated carbocycles. The SMILES string of the molecule is [2H]c1c([2H])c([2H])c2c(-c3ccc(-c4ccccc4)cc3)c3c([2H])c(-c4ccccc4)c([2H])c([2H])c3c(-c3ccccc3)c2c1[2H]. The third kappa shape index (κ3) is 3.88. The van der Waals surface area contributed by atoms with Crippen LogP contribution in [-0.2, 0) is 0 Å². The van der Waals surface area contributed by atoms with Gasteiger partial charge in [-0.25, -0.2) is 0 Å². The summed E-state index contributed by atoms with van der Waals surface area (Å²) in [5.41, 5.74) is 5.09. The third-order valence-electron chi connectivity index (χ3n) is 6.91. The van der Waals surface area contributed by atoms with E-state index in [-0.39, 0.29) is 53.1 Å². The van der Waals surface area contributed by atoms with Crippen LogP contribution in [0.4, 0.5) is 0 Å². The molecule has 0 heteroatoms. The highest BCUT2D eigenvalue weighted by molar-refractivity contribution is 6.22. The van der Waals surface area contributed by atoms with Gasteiger partial charge in [0, 0.05) is 0 Å². The molecule has 0 N–H and O–H groups in total. The Balaban J connectivity index is 1.74. The monoisotopic (exact) mass is 489 g/mol. The molecule has 7 rings (SSSR count). The minimum atomic E-state index is -0.376. The molecule has 178 valence electrons. The minimum Gasteiger partial charge on any atom is -0.0622 e. The molecule has 0 heterocycles. The van der Waals surface area contributed by atoms with Gasteiger partial charge in [-0.2, -0.15) is 0 Å². The van der Waals surface area contributed by atoms with Crippen molar-refractivity contribution in [2.45, 2.75) is 0 Å². The average Bonchev–Trinajstić information content (AvgIpc) is 3.09. The van der Waals surface area contributed by atoms with Crippen molar-refractivity contribution in [3.05, 3.63) is 158 Å². The van der Waals surface area contributed by atoms with Crippen LogP contribution in [0.15, 0.2) is 158 Å². The largest absolute Gasteiger partial charge is 0.0636 e. The predicted octanol–water partition coefficient (Wildman–Crippen LogP) is 10.7. The summed E-state index contributed by atoms with van der Waals surface area (Å²) in [5, 5.41) is 1.24. The summed E-state index contributed by atoms with van der Waals surface area (Å²) in [7, 11) is 0. The third-order valence-corrected chi connectivity index (χ3v) is 6.91. The van der Waals surface area contributed by atoms with Crippen LogP contribution in [0.25, 0.3) is 66.1 Å². The van der Waals surface area contributed by atoms with Crippen LogP contribution in [0.2, 0.25) is 0 Å². The van der Waals surface area contributed by atoms with Gasteiger partial charge in [-0.3, -0.25) is 0 Å². The van der Waals surface area contributed by atoms with Crippen molar-refractivity contribution in [1.29, 1.82) is 0 Å². The highest BCUT2D eigenvalue weighted by Crippen LogP contribution is 2.45. The Kier molecular flexibility index (Phi) is 4.00. The normalized spacial score (nSPS) is 13.7. The lowest BCUT2D eigenvalue weighted by molar-refractivity contribution is 1.60. The zero-order chi connectivity index (χ0) is 31.4. The van der Waals surface area contributed by atoms with Crippen molar-refractivity contribution in [2.75, 3.05) is 0 Å². The zero-order valence-corrected chi connectivity index (χ0v) is 20.5. The Labute approximate surface area is 233 Å². The summed E-state index contributed by atoms with van der Waals surface area (Å²) in [6.45, 7) is 0. The van der Waals surface area contributed by atoms with Gasteiger partial charge in [-0.15, -0.1) is 0 Å². The Hall–Kier alpha value is -4.94. The molecular formula is C38H26. The quantitative estimate of drug-likeness (QED) is 0.216. The van der Waals surface area contributed by atoms with E-state index < -0.39 is 0 Å². The molecule has 7 aromatic rings. The summed E-state index contributed by atoms with van der Waals surface area (Å²) in [4.78, 5) is 0. The predicted molar refractivity (Wildman–Crippen MR) is 163 cm³/mol. The maximum Gasteiger partial charge on any atom is 0.0636 e. The Morgan fingerprint density at radius 3 is 1.29 bits per heavy atom. The molecule has 38 heavy (non-hydrogen) atoms. The van der Waals surface area contributed by atoms with Crippen LogP contribution in [-0.4, -0.2) is 0 Å². The van der Waals surface area contributed by atoms with Crippen LogP contribution in [0.3, 0.4) is 0 Å². The van der Waals surface area contributed by atoms with E-state index >= 15 is 0 Å². The molecule has 0 fully saturated rings. The highest BCUT2D eigenvalue weighted by Gasteiger charge is 2.17. The second-order valence-corrected chi connectivity index (χ2v) is 9.18. The zero-order valence-electron chi connectivity index (χ0n) is 27.5. The Morgan fingerprint density at radius 1 is 0.316 bits per heavy atom. The molecule has 0 aromatic heterocycles. The molecule has 0 amide bonds. The van der Waals surface area contributed by atoms with Gasteiger partial charge in [0.2, 0.25) is 0 Å². The first-order valence-electron chi connectivity index (χ1n) is 16.1. The second-order valence-electron chi connectivity index (χ2n) is 9.18.